The number of aromatic amines is 1. The molecule has 188 valence electrons. The van der Waals surface area contributed by atoms with E-state index in [-0.39, 0.29) is 19.2 Å². The van der Waals surface area contributed by atoms with Gasteiger partial charge in [-0.2, -0.15) is 0 Å². The quantitative estimate of drug-likeness (QED) is 0.426. The first-order valence-electron chi connectivity index (χ1n) is 12.7. The molecule has 1 aromatic heterocycles. The minimum atomic E-state index is -0.286. The van der Waals surface area contributed by atoms with E-state index in [0.29, 0.717) is 11.5 Å². The van der Waals surface area contributed by atoms with Crippen molar-refractivity contribution in [2.75, 3.05) is 38.0 Å². The highest BCUT2D eigenvalue weighted by molar-refractivity contribution is 6.36. The normalized spacial score (nSPS) is 20.5. The molecule has 0 radical (unpaired) electrons. The van der Waals surface area contributed by atoms with Gasteiger partial charge in [0.2, 0.25) is 0 Å². The smallest absolute Gasteiger partial charge is 0.256 e. The summed E-state index contributed by atoms with van der Waals surface area (Å²) < 4.78 is 13.9. The first kappa shape index (κ1) is 24.5. The molecule has 1 atom stereocenters. The van der Waals surface area contributed by atoms with E-state index in [1.807, 2.05) is 30.3 Å². The number of halogens is 1. The Morgan fingerprint density at radius 1 is 1.08 bits per heavy atom. The summed E-state index contributed by atoms with van der Waals surface area (Å²) in [6.07, 6.45) is 6.56. The van der Waals surface area contributed by atoms with Crippen molar-refractivity contribution in [1.29, 1.82) is 0 Å². The molecular formula is C30H35FN4O. The molecule has 2 aliphatic heterocycles. The van der Waals surface area contributed by atoms with Gasteiger partial charge in [-0.25, -0.2) is 4.39 Å². The third kappa shape index (κ3) is 4.88. The second-order valence-corrected chi connectivity index (χ2v) is 9.97. The molecule has 6 heteroatoms. The largest absolute Gasteiger partial charge is 0.359 e. The lowest BCUT2D eigenvalue weighted by Crippen LogP contribution is -2.44. The van der Waals surface area contributed by atoms with Crippen LogP contribution in [0, 0.1) is 11.7 Å². The third-order valence-electron chi connectivity index (χ3n) is 7.65. The van der Waals surface area contributed by atoms with Gasteiger partial charge >= 0.3 is 0 Å². The Hall–Kier alpha value is -3.22. The van der Waals surface area contributed by atoms with E-state index in [1.165, 1.54) is 42.8 Å². The van der Waals surface area contributed by atoms with Gasteiger partial charge in [-0.3, -0.25) is 4.79 Å². The number of H-pyrrole nitrogens is 1. The van der Waals surface area contributed by atoms with Crippen LogP contribution >= 0.6 is 0 Å². The number of nitrogens with one attached hydrogen (secondary N) is 3. The van der Waals surface area contributed by atoms with Crippen molar-refractivity contribution < 1.29 is 9.18 Å². The summed E-state index contributed by atoms with van der Waals surface area (Å²) in [5.41, 5.74) is 7.49. The second-order valence-electron chi connectivity index (χ2n) is 9.97. The number of amides is 1. The number of carbonyl (C=O) groups is 1. The molecule has 1 fully saturated rings. The molecule has 3 N–H and O–H groups in total. The van der Waals surface area contributed by atoms with Crippen LogP contribution in [0.25, 0.3) is 22.8 Å². The van der Waals surface area contributed by atoms with Crippen LogP contribution in [-0.2, 0) is 17.6 Å². The number of aryl methyl sites for hydroxylation is 1. The predicted octanol–water partition coefficient (Wildman–Crippen LogP) is 5.35. The van der Waals surface area contributed by atoms with Crippen LogP contribution in [0.2, 0.25) is 0 Å². The summed E-state index contributed by atoms with van der Waals surface area (Å²) in [7, 11) is 0. The molecule has 0 saturated carbocycles. The lowest BCUT2D eigenvalue weighted by Gasteiger charge is -2.30. The lowest BCUT2D eigenvalue weighted by atomic mass is 9.85. The fourth-order valence-electron chi connectivity index (χ4n) is 5.80. The first-order chi connectivity index (χ1) is 17.1. The van der Waals surface area contributed by atoms with Crippen molar-refractivity contribution in [2.24, 2.45) is 5.92 Å². The summed E-state index contributed by atoms with van der Waals surface area (Å²) in [4.78, 5) is 19.1. The number of hydrogen-bond donors (Lipinski definition) is 3. The van der Waals surface area contributed by atoms with Crippen LogP contribution in [0.1, 0.15) is 42.8 Å². The van der Waals surface area contributed by atoms with Gasteiger partial charge in [-0.1, -0.05) is 31.7 Å². The fourth-order valence-corrected chi connectivity index (χ4v) is 5.80. The maximum atomic E-state index is 13.9. The molecule has 0 bridgehead atoms. The molecular weight excluding hydrogens is 451 g/mol. The molecule has 6 rings (SSSR count). The van der Waals surface area contributed by atoms with Gasteiger partial charge in [0.1, 0.15) is 5.82 Å². The first-order valence-corrected chi connectivity index (χ1v) is 12.7. The van der Waals surface area contributed by atoms with Crippen LogP contribution in [0.15, 0.2) is 48.5 Å². The summed E-state index contributed by atoms with van der Waals surface area (Å²) in [5, 5.41) is 6.41. The maximum absolute atomic E-state index is 13.9. The van der Waals surface area contributed by atoms with E-state index in [0.717, 1.165) is 67.1 Å². The highest BCUT2D eigenvalue weighted by Gasteiger charge is 2.28. The second kappa shape index (κ2) is 10.4. The van der Waals surface area contributed by atoms with Gasteiger partial charge in [-0.05, 0) is 85.2 Å². The fraction of sp³-hybridized carbons (Fsp3) is 0.367. The zero-order chi connectivity index (χ0) is 23.8. The van der Waals surface area contributed by atoms with Crippen molar-refractivity contribution in [3.63, 3.8) is 0 Å². The van der Waals surface area contributed by atoms with Crippen molar-refractivity contribution in [2.45, 2.75) is 33.1 Å². The number of aromatic nitrogens is 1. The summed E-state index contributed by atoms with van der Waals surface area (Å²) in [6, 6.07) is 14.5. The zero-order valence-electron chi connectivity index (χ0n) is 19.9. The van der Waals surface area contributed by atoms with Crippen molar-refractivity contribution in [3.05, 3.63) is 76.9 Å². The molecule has 3 heterocycles. The minimum absolute atomic E-state index is 0. The standard InChI is InChI=1S/C29H31FN4O.CH4/c30-22-4-1-3-20(16-22)24-5-2-6-27-28(24)25(29(35)33-27)18-23-17-21-15-19(7-8-26(21)32-23)9-12-34-13-10-31-11-14-34;/h1-6,16-19,31-32H,7-15H2,(H,33,35);1H4/b25-18-;. The van der Waals surface area contributed by atoms with Crippen LogP contribution in [0.5, 0.6) is 0 Å². The van der Waals surface area contributed by atoms with E-state index >= 15 is 0 Å². The topological polar surface area (TPSA) is 60.2 Å². The Balaban J connectivity index is 0.00000267. The van der Waals surface area contributed by atoms with Crippen molar-refractivity contribution in [3.8, 4) is 11.1 Å². The van der Waals surface area contributed by atoms with Crippen molar-refractivity contribution >= 4 is 23.2 Å². The molecule has 36 heavy (non-hydrogen) atoms. The zero-order valence-corrected chi connectivity index (χ0v) is 19.9. The number of nitrogens with zero attached hydrogens (tertiary/aromatic N) is 1. The Kier molecular flexibility index (Phi) is 7.08. The molecule has 1 saturated heterocycles. The number of hydrogen-bond acceptors (Lipinski definition) is 3. The van der Waals surface area contributed by atoms with Crippen LogP contribution in [-0.4, -0.2) is 48.5 Å². The molecule has 0 spiro atoms. The molecule has 1 amide bonds. The number of piperazine rings is 1. The molecule has 3 aromatic rings. The SMILES string of the molecule is C.O=C1Nc2cccc(-c3cccc(F)c3)c2/C1=C/c1cc2c([nH]1)CCC(CCN1CCNCC1)C2. The highest BCUT2D eigenvalue weighted by atomic mass is 19.1. The number of fused-ring (bicyclic) bond motifs is 2. The van der Waals surface area contributed by atoms with E-state index in [2.05, 4.69) is 26.6 Å². The number of rotatable bonds is 5. The van der Waals surface area contributed by atoms with Gasteiger partial charge in [0, 0.05) is 48.8 Å². The Morgan fingerprint density at radius 3 is 2.75 bits per heavy atom. The van der Waals surface area contributed by atoms with Crippen molar-refractivity contribution in [1.82, 2.24) is 15.2 Å². The summed E-state index contributed by atoms with van der Waals surface area (Å²) in [6.45, 7) is 5.69. The van der Waals surface area contributed by atoms with Gasteiger partial charge in [-0.15, -0.1) is 0 Å². The van der Waals surface area contributed by atoms with Gasteiger partial charge in [0.15, 0.2) is 0 Å². The van der Waals surface area contributed by atoms with Gasteiger partial charge < -0.3 is 20.5 Å². The van der Waals surface area contributed by atoms with Gasteiger partial charge in [0.05, 0.1) is 5.57 Å². The van der Waals surface area contributed by atoms with Crippen LogP contribution in [0.4, 0.5) is 10.1 Å². The summed E-state index contributed by atoms with van der Waals surface area (Å²) in [5.74, 6) is 0.306. The summed E-state index contributed by atoms with van der Waals surface area (Å²) >= 11 is 0. The Bertz CT molecular complexity index is 1290. The predicted molar refractivity (Wildman–Crippen MR) is 145 cm³/mol. The Labute approximate surface area is 212 Å². The molecule has 2 aromatic carbocycles. The number of anilines is 1. The van der Waals surface area contributed by atoms with E-state index in [9.17, 15) is 9.18 Å². The lowest BCUT2D eigenvalue weighted by molar-refractivity contribution is -0.110. The molecule has 5 nitrogen and oxygen atoms in total. The maximum Gasteiger partial charge on any atom is 0.256 e. The monoisotopic (exact) mass is 486 g/mol. The van der Waals surface area contributed by atoms with Crippen LogP contribution < -0.4 is 10.6 Å². The molecule has 1 unspecified atom stereocenters. The van der Waals surface area contributed by atoms with E-state index in [1.54, 1.807) is 6.07 Å². The highest BCUT2D eigenvalue weighted by Crippen LogP contribution is 2.41. The third-order valence-corrected chi connectivity index (χ3v) is 7.65. The van der Waals surface area contributed by atoms with E-state index in [4.69, 9.17) is 0 Å². The van der Waals surface area contributed by atoms with Crippen LogP contribution in [0.3, 0.4) is 0 Å². The average molecular weight is 487 g/mol. The molecule has 1 aliphatic carbocycles. The van der Waals surface area contributed by atoms with Gasteiger partial charge in [0.25, 0.3) is 5.91 Å². The number of carbonyl (C=O) groups excluding carboxylic acids is 1. The molecule has 3 aliphatic rings. The van der Waals surface area contributed by atoms with E-state index < -0.39 is 0 Å². The Morgan fingerprint density at radius 2 is 1.92 bits per heavy atom. The average Bonchev–Trinajstić information content (AvgIpc) is 3.43. The number of benzene rings is 2. The minimum Gasteiger partial charge on any atom is -0.359 e.